The maximum atomic E-state index is 12.7. The highest BCUT2D eigenvalue weighted by Gasteiger charge is 2.31. The summed E-state index contributed by atoms with van der Waals surface area (Å²) in [6, 6.07) is 5.60. The van der Waals surface area contributed by atoms with E-state index in [1.807, 2.05) is 45.0 Å². The van der Waals surface area contributed by atoms with E-state index in [1.165, 1.54) is 11.8 Å². The number of hydrogen-bond donors (Lipinski definition) is 1. The molecule has 1 heterocycles. The van der Waals surface area contributed by atoms with E-state index < -0.39 is 5.97 Å². The van der Waals surface area contributed by atoms with Crippen molar-refractivity contribution in [3.05, 3.63) is 28.7 Å². The molecule has 0 aliphatic carbocycles. The number of hydrogen-bond acceptors (Lipinski definition) is 6. The molecule has 2 rings (SSSR count). The number of aliphatic carboxylic acids is 1. The van der Waals surface area contributed by atoms with Crippen LogP contribution in [0.5, 0.6) is 11.5 Å². The topological polar surface area (TPSA) is 76.1 Å². The Balaban J connectivity index is 2.06. The van der Waals surface area contributed by atoms with Gasteiger partial charge in [-0.05, 0) is 57.4 Å². The van der Waals surface area contributed by atoms with E-state index >= 15 is 0 Å². The van der Waals surface area contributed by atoms with Crippen LogP contribution in [0.4, 0.5) is 0 Å². The quantitative estimate of drug-likeness (QED) is 0.305. The van der Waals surface area contributed by atoms with Crippen LogP contribution < -0.4 is 9.47 Å². The molecule has 0 unspecified atom stereocenters. The van der Waals surface area contributed by atoms with Gasteiger partial charge in [0.05, 0.1) is 17.6 Å². The number of ether oxygens (including phenoxy) is 2. The van der Waals surface area contributed by atoms with Crippen LogP contribution in [0.1, 0.15) is 52.0 Å². The van der Waals surface area contributed by atoms with Gasteiger partial charge in [0, 0.05) is 13.0 Å². The van der Waals surface area contributed by atoms with Crippen LogP contribution in [0, 0.1) is 0 Å². The summed E-state index contributed by atoms with van der Waals surface area (Å²) in [6.07, 6.45) is 4.07. The van der Waals surface area contributed by atoms with Gasteiger partial charge in [-0.3, -0.25) is 14.5 Å². The van der Waals surface area contributed by atoms with Gasteiger partial charge in [-0.15, -0.1) is 0 Å². The Morgan fingerprint density at radius 2 is 2.03 bits per heavy atom. The first kappa shape index (κ1) is 23.2. The molecule has 0 radical (unpaired) electrons. The first-order valence-corrected chi connectivity index (χ1v) is 10.9. The largest absolute Gasteiger partial charge is 0.490 e. The molecular formula is C21H27NO5S2. The van der Waals surface area contributed by atoms with Gasteiger partial charge in [-0.25, -0.2) is 0 Å². The van der Waals surface area contributed by atoms with E-state index in [0.717, 1.165) is 18.4 Å². The second-order valence-corrected chi connectivity index (χ2v) is 8.52. The lowest BCUT2D eigenvalue weighted by molar-refractivity contribution is -0.137. The van der Waals surface area contributed by atoms with Gasteiger partial charge in [0.1, 0.15) is 4.32 Å². The van der Waals surface area contributed by atoms with Crippen molar-refractivity contribution in [3.63, 3.8) is 0 Å². The van der Waals surface area contributed by atoms with Crippen LogP contribution in [-0.2, 0) is 9.59 Å². The molecule has 1 aromatic rings. The third kappa shape index (κ3) is 7.04. The van der Waals surface area contributed by atoms with Crippen molar-refractivity contribution in [3.8, 4) is 11.5 Å². The second kappa shape index (κ2) is 11.2. The fraction of sp³-hybridized carbons (Fsp3) is 0.476. The number of carbonyl (C=O) groups excluding carboxylic acids is 1. The number of thiocarbonyl (C=S) groups is 1. The molecule has 1 amide bonds. The van der Waals surface area contributed by atoms with Crippen molar-refractivity contribution in [2.45, 2.75) is 52.6 Å². The zero-order chi connectivity index (χ0) is 21.4. The van der Waals surface area contributed by atoms with E-state index in [1.54, 1.807) is 4.90 Å². The van der Waals surface area contributed by atoms with Crippen LogP contribution in [0.2, 0.25) is 0 Å². The van der Waals surface area contributed by atoms with E-state index in [-0.39, 0.29) is 18.4 Å². The predicted molar refractivity (Wildman–Crippen MR) is 119 cm³/mol. The molecule has 0 bridgehead atoms. The van der Waals surface area contributed by atoms with E-state index in [4.69, 9.17) is 26.8 Å². The minimum absolute atomic E-state index is 0.0341. The number of carboxylic acids is 1. The summed E-state index contributed by atoms with van der Waals surface area (Å²) in [7, 11) is 0. The predicted octanol–water partition coefficient (Wildman–Crippen LogP) is 4.72. The zero-order valence-electron chi connectivity index (χ0n) is 17.0. The normalized spacial score (nSPS) is 15.4. The standard InChI is InChI=1S/C21H27NO5S2/c1-4-26-17-12-15(9-10-16(17)27-14(2)3)13-18-20(25)22(21(28)29-18)11-7-5-6-8-19(23)24/h9-10,12-14H,4-8,11H2,1-3H3,(H,23,24)/b18-13-. The van der Waals surface area contributed by atoms with Gasteiger partial charge in [-0.2, -0.15) is 0 Å². The highest BCUT2D eigenvalue weighted by atomic mass is 32.2. The second-order valence-electron chi connectivity index (χ2n) is 6.84. The van der Waals surface area contributed by atoms with Crippen molar-refractivity contribution in [1.29, 1.82) is 0 Å². The number of benzene rings is 1. The Morgan fingerprint density at radius 1 is 1.28 bits per heavy atom. The number of thioether (sulfide) groups is 1. The molecule has 1 saturated heterocycles. The summed E-state index contributed by atoms with van der Waals surface area (Å²) < 4.78 is 12.0. The molecule has 1 aliphatic rings. The summed E-state index contributed by atoms with van der Waals surface area (Å²) in [4.78, 5) is 25.4. The van der Waals surface area contributed by atoms with Crippen LogP contribution in [0.25, 0.3) is 6.08 Å². The monoisotopic (exact) mass is 437 g/mol. The van der Waals surface area contributed by atoms with Crippen molar-refractivity contribution in [2.75, 3.05) is 13.2 Å². The molecule has 1 aromatic carbocycles. The van der Waals surface area contributed by atoms with Crippen molar-refractivity contribution >= 4 is 46.3 Å². The molecule has 0 atom stereocenters. The molecular weight excluding hydrogens is 410 g/mol. The Labute approximate surface area is 181 Å². The lowest BCUT2D eigenvalue weighted by atomic mass is 10.1. The molecule has 0 spiro atoms. The van der Waals surface area contributed by atoms with Gasteiger partial charge in [0.15, 0.2) is 11.5 Å². The Bertz CT molecular complexity index is 791. The minimum Gasteiger partial charge on any atom is -0.490 e. The van der Waals surface area contributed by atoms with Crippen LogP contribution >= 0.6 is 24.0 Å². The number of carboxylic acid groups (broad SMARTS) is 1. The molecule has 1 N–H and O–H groups in total. The number of unbranched alkanes of at least 4 members (excludes halogenated alkanes) is 2. The molecule has 0 saturated carbocycles. The van der Waals surface area contributed by atoms with Crippen molar-refractivity contribution < 1.29 is 24.2 Å². The van der Waals surface area contributed by atoms with Crippen molar-refractivity contribution in [1.82, 2.24) is 4.90 Å². The fourth-order valence-corrected chi connectivity index (χ4v) is 4.11. The maximum Gasteiger partial charge on any atom is 0.303 e. The Morgan fingerprint density at radius 3 is 2.69 bits per heavy atom. The molecule has 29 heavy (non-hydrogen) atoms. The summed E-state index contributed by atoms with van der Waals surface area (Å²) in [5, 5.41) is 8.68. The Kier molecular flexibility index (Phi) is 8.98. The summed E-state index contributed by atoms with van der Waals surface area (Å²) in [5.41, 5.74) is 0.839. The van der Waals surface area contributed by atoms with Crippen LogP contribution in [-0.4, -0.2) is 45.5 Å². The summed E-state index contributed by atoms with van der Waals surface area (Å²) in [5.74, 6) is 0.408. The van der Waals surface area contributed by atoms with Crippen LogP contribution in [0.15, 0.2) is 23.1 Å². The van der Waals surface area contributed by atoms with Gasteiger partial charge in [0.25, 0.3) is 5.91 Å². The Hall–Kier alpha value is -2.06. The average Bonchev–Trinajstić information content (AvgIpc) is 2.90. The third-order valence-electron chi connectivity index (χ3n) is 4.07. The molecule has 1 fully saturated rings. The van der Waals surface area contributed by atoms with E-state index in [2.05, 4.69) is 0 Å². The average molecular weight is 438 g/mol. The first-order chi connectivity index (χ1) is 13.8. The fourth-order valence-electron chi connectivity index (χ4n) is 2.80. The summed E-state index contributed by atoms with van der Waals surface area (Å²) in [6.45, 7) is 6.84. The zero-order valence-corrected chi connectivity index (χ0v) is 18.6. The van der Waals surface area contributed by atoms with Crippen LogP contribution in [0.3, 0.4) is 0 Å². The van der Waals surface area contributed by atoms with Gasteiger partial charge < -0.3 is 14.6 Å². The van der Waals surface area contributed by atoms with Gasteiger partial charge >= 0.3 is 5.97 Å². The summed E-state index contributed by atoms with van der Waals surface area (Å²) >= 11 is 6.64. The SMILES string of the molecule is CCOc1cc(/C=C2\SC(=S)N(CCCCCC(=O)O)C2=O)ccc1OC(C)C. The van der Waals surface area contributed by atoms with E-state index in [9.17, 15) is 9.59 Å². The molecule has 8 heteroatoms. The minimum atomic E-state index is -0.797. The number of nitrogens with zero attached hydrogens (tertiary/aromatic N) is 1. The number of amides is 1. The third-order valence-corrected chi connectivity index (χ3v) is 5.45. The smallest absolute Gasteiger partial charge is 0.303 e. The maximum absolute atomic E-state index is 12.7. The van der Waals surface area contributed by atoms with E-state index in [0.29, 0.717) is 40.3 Å². The highest BCUT2D eigenvalue weighted by molar-refractivity contribution is 8.26. The number of carbonyl (C=O) groups is 2. The molecule has 6 nitrogen and oxygen atoms in total. The van der Waals surface area contributed by atoms with Gasteiger partial charge in [0.2, 0.25) is 0 Å². The number of rotatable bonds is 11. The lowest BCUT2D eigenvalue weighted by Crippen LogP contribution is -2.29. The molecule has 0 aromatic heterocycles. The molecule has 1 aliphatic heterocycles. The highest BCUT2D eigenvalue weighted by Crippen LogP contribution is 2.35. The van der Waals surface area contributed by atoms with Gasteiger partial charge in [-0.1, -0.05) is 36.5 Å². The van der Waals surface area contributed by atoms with Crippen molar-refractivity contribution in [2.24, 2.45) is 0 Å². The lowest BCUT2D eigenvalue weighted by Gasteiger charge is -2.15. The molecule has 158 valence electrons. The first-order valence-electron chi connectivity index (χ1n) is 9.72.